The molecule has 0 radical (unpaired) electrons. The van der Waals surface area contributed by atoms with Crippen LogP contribution < -0.4 is 10.5 Å². The highest BCUT2D eigenvalue weighted by molar-refractivity contribution is 6.30. The van der Waals surface area contributed by atoms with E-state index in [1.54, 1.807) is 6.07 Å². The third-order valence-electron chi connectivity index (χ3n) is 2.52. The lowest BCUT2D eigenvalue weighted by Crippen LogP contribution is -1.99. The van der Waals surface area contributed by atoms with Crippen molar-refractivity contribution in [1.29, 1.82) is 0 Å². The van der Waals surface area contributed by atoms with Crippen LogP contribution in [-0.2, 0) is 13.0 Å². The van der Waals surface area contributed by atoms with E-state index in [0.717, 1.165) is 30.1 Å². The molecule has 0 bridgehead atoms. The lowest BCUT2D eigenvalue weighted by molar-refractivity contribution is 0.266. The van der Waals surface area contributed by atoms with Crippen molar-refractivity contribution in [2.45, 2.75) is 19.4 Å². The summed E-state index contributed by atoms with van der Waals surface area (Å²) in [4.78, 5) is 0. The highest BCUT2D eigenvalue weighted by atomic mass is 35.5. The molecule has 96 valence electrons. The van der Waals surface area contributed by atoms with Gasteiger partial charge in [-0.3, -0.25) is 0 Å². The van der Waals surface area contributed by atoms with Gasteiger partial charge < -0.3 is 14.9 Å². The average molecular weight is 266 g/mol. The Kier molecular flexibility index (Phi) is 4.67. The lowest BCUT2D eigenvalue weighted by atomic mass is 10.2. The predicted octanol–water partition coefficient (Wildman–Crippen LogP) is 3.40. The second kappa shape index (κ2) is 6.47. The molecule has 2 rings (SSSR count). The standard InChI is InChI=1S/C14H16ClNO2/c15-11-3-1-4-13(9-11)17-10-14-7-6-12(18-14)5-2-8-16/h1,3-4,6-7,9H,2,5,8,10,16H2. The van der Waals surface area contributed by atoms with Gasteiger partial charge in [0.1, 0.15) is 23.9 Å². The maximum atomic E-state index is 5.87. The van der Waals surface area contributed by atoms with Crippen molar-refractivity contribution < 1.29 is 9.15 Å². The van der Waals surface area contributed by atoms with E-state index < -0.39 is 0 Å². The normalized spacial score (nSPS) is 10.6. The molecule has 1 heterocycles. The first-order chi connectivity index (χ1) is 8.78. The summed E-state index contributed by atoms with van der Waals surface area (Å²) in [6.07, 6.45) is 1.80. The molecule has 1 aromatic carbocycles. The number of ether oxygens (including phenoxy) is 1. The Morgan fingerprint density at radius 1 is 1.17 bits per heavy atom. The van der Waals surface area contributed by atoms with E-state index >= 15 is 0 Å². The Labute approximate surface area is 111 Å². The quantitative estimate of drug-likeness (QED) is 0.871. The van der Waals surface area contributed by atoms with Gasteiger partial charge in [-0.1, -0.05) is 17.7 Å². The van der Waals surface area contributed by atoms with Gasteiger partial charge in [-0.15, -0.1) is 0 Å². The van der Waals surface area contributed by atoms with Crippen LogP contribution in [0.25, 0.3) is 0 Å². The monoisotopic (exact) mass is 265 g/mol. The first-order valence-electron chi connectivity index (χ1n) is 5.94. The second-order valence-corrected chi connectivity index (χ2v) is 4.44. The molecule has 3 nitrogen and oxygen atoms in total. The molecule has 0 aliphatic carbocycles. The summed E-state index contributed by atoms with van der Waals surface area (Å²) >= 11 is 5.87. The van der Waals surface area contributed by atoms with Crippen LogP contribution in [0.4, 0.5) is 0 Å². The molecule has 0 saturated heterocycles. The van der Waals surface area contributed by atoms with Gasteiger partial charge in [0.25, 0.3) is 0 Å². The van der Waals surface area contributed by atoms with Gasteiger partial charge in [0, 0.05) is 11.4 Å². The molecule has 0 saturated carbocycles. The molecule has 2 aromatic rings. The minimum atomic E-state index is 0.406. The summed E-state index contributed by atoms with van der Waals surface area (Å²) in [7, 11) is 0. The second-order valence-electron chi connectivity index (χ2n) is 4.01. The first kappa shape index (κ1) is 13.0. The van der Waals surface area contributed by atoms with Gasteiger partial charge in [0.2, 0.25) is 0 Å². The lowest BCUT2D eigenvalue weighted by Gasteiger charge is -2.04. The molecular weight excluding hydrogens is 250 g/mol. The molecule has 4 heteroatoms. The number of hydrogen-bond acceptors (Lipinski definition) is 3. The highest BCUT2D eigenvalue weighted by Gasteiger charge is 2.03. The van der Waals surface area contributed by atoms with E-state index in [-0.39, 0.29) is 0 Å². The van der Waals surface area contributed by atoms with Crippen molar-refractivity contribution in [1.82, 2.24) is 0 Å². The van der Waals surface area contributed by atoms with Crippen molar-refractivity contribution in [3.63, 3.8) is 0 Å². The summed E-state index contributed by atoms with van der Waals surface area (Å²) in [5, 5.41) is 0.663. The van der Waals surface area contributed by atoms with Crippen LogP contribution in [0.2, 0.25) is 5.02 Å². The molecule has 0 unspecified atom stereocenters. The fourth-order valence-electron chi connectivity index (χ4n) is 1.62. The smallest absolute Gasteiger partial charge is 0.146 e. The van der Waals surface area contributed by atoms with E-state index in [1.165, 1.54) is 0 Å². The Morgan fingerprint density at radius 2 is 2.00 bits per heavy atom. The number of furan rings is 1. The van der Waals surface area contributed by atoms with Crippen LogP contribution >= 0.6 is 11.6 Å². The number of nitrogens with two attached hydrogens (primary N) is 1. The molecule has 0 spiro atoms. The fraction of sp³-hybridized carbons (Fsp3) is 0.286. The Morgan fingerprint density at radius 3 is 2.78 bits per heavy atom. The topological polar surface area (TPSA) is 48.4 Å². The van der Waals surface area contributed by atoms with Crippen LogP contribution in [0, 0.1) is 0 Å². The maximum absolute atomic E-state index is 5.87. The van der Waals surface area contributed by atoms with E-state index in [4.69, 9.17) is 26.5 Å². The van der Waals surface area contributed by atoms with Gasteiger partial charge in [0.05, 0.1) is 0 Å². The number of aryl methyl sites for hydroxylation is 1. The third-order valence-corrected chi connectivity index (χ3v) is 2.76. The average Bonchev–Trinajstić information content (AvgIpc) is 2.82. The van der Waals surface area contributed by atoms with Crippen molar-refractivity contribution >= 4 is 11.6 Å². The van der Waals surface area contributed by atoms with Gasteiger partial charge >= 0.3 is 0 Å². The maximum Gasteiger partial charge on any atom is 0.146 e. The van der Waals surface area contributed by atoms with E-state index in [1.807, 2.05) is 30.3 Å². The van der Waals surface area contributed by atoms with Crippen molar-refractivity contribution in [3.05, 3.63) is 52.9 Å². The fourth-order valence-corrected chi connectivity index (χ4v) is 1.80. The summed E-state index contributed by atoms with van der Waals surface area (Å²) in [5.41, 5.74) is 5.45. The zero-order chi connectivity index (χ0) is 12.8. The molecule has 0 aliphatic rings. The zero-order valence-electron chi connectivity index (χ0n) is 10.1. The predicted molar refractivity (Wildman–Crippen MR) is 71.9 cm³/mol. The Balaban J connectivity index is 1.88. The van der Waals surface area contributed by atoms with Crippen molar-refractivity contribution in [2.75, 3.05) is 6.54 Å². The van der Waals surface area contributed by atoms with E-state index in [2.05, 4.69) is 0 Å². The number of rotatable bonds is 6. The molecule has 2 N–H and O–H groups in total. The minimum Gasteiger partial charge on any atom is -0.486 e. The largest absolute Gasteiger partial charge is 0.486 e. The SMILES string of the molecule is NCCCc1ccc(COc2cccc(Cl)c2)o1. The van der Waals surface area contributed by atoms with Crippen molar-refractivity contribution in [3.8, 4) is 5.75 Å². The molecule has 0 atom stereocenters. The summed E-state index contributed by atoms with van der Waals surface area (Å²) in [6, 6.07) is 11.2. The van der Waals surface area contributed by atoms with E-state index in [0.29, 0.717) is 18.2 Å². The number of hydrogen-bond donors (Lipinski definition) is 1. The summed E-state index contributed by atoms with van der Waals surface area (Å²) in [6.45, 7) is 1.08. The molecule has 1 aromatic heterocycles. The van der Waals surface area contributed by atoms with Gasteiger partial charge in [-0.05, 0) is 43.3 Å². The Hall–Kier alpha value is -1.45. The van der Waals surface area contributed by atoms with Gasteiger partial charge in [-0.2, -0.15) is 0 Å². The molecule has 18 heavy (non-hydrogen) atoms. The molecule has 0 aliphatic heterocycles. The molecular formula is C14H16ClNO2. The first-order valence-corrected chi connectivity index (χ1v) is 6.32. The highest BCUT2D eigenvalue weighted by Crippen LogP contribution is 2.19. The summed E-state index contributed by atoms with van der Waals surface area (Å²) in [5.74, 6) is 2.49. The van der Waals surface area contributed by atoms with Gasteiger partial charge in [0.15, 0.2) is 0 Å². The third kappa shape index (κ3) is 3.79. The summed E-state index contributed by atoms with van der Waals surface area (Å²) < 4.78 is 11.2. The van der Waals surface area contributed by atoms with Crippen LogP contribution in [0.5, 0.6) is 5.75 Å². The molecule has 0 amide bonds. The van der Waals surface area contributed by atoms with Crippen LogP contribution in [0.1, 0.15) is 17.9 Å². The number of benzene rings is 1. The van der Waals surface area contributed by atoms with Gasteiger partial charge in [-0.25, -0.2) is 0 Å². The van der Waals surface area contributed by atoms with Crippen LogP contribution in [0.15, 0.2) is 40.8 Å². The molecule has 0 fully saturated rings. The van der Waals surface area contributed by atoms with E-state index in [9.17, 15) is 0 Å². The van der Waals surface area contributed by atoms with Crippen molar-refractivity contribution in [2.24, 2.45) is 5.73 Å². The number of halogens is 1. The van der Waals surface area contributed by atoms with Crippen LogP contribution in [0.3, 0.4) is 0 Å². The van der Waals surface area contributed by atoms with Crippen LogP contribution in [-0.4, -0.2) is 6.54 Å². The minimum absolute atomic E-state index is 0.406. The Bertz CT molecular complexity index is 496. The zero-order valence-corrected chi connectivity index (χ0v) is 10.8.